The van der Waals surface area contributed by atoms with Gasteiger partial charge in [0.05, 0.1) is 0 Å². The van der Waals surface area contributed by atoms with Gasteiger partial charge in [0, 0.05) is 0 Å². The van der Waals surface area contributed by atoms with Crippen molar-refractivity contribution >= 4 is 0 Å². The zero-order chi connectivity index (χ0) is 11.0. The Morgan fingerprint density at radius 1 is 1.20 bits per heavy atom. The normalized spacial score (nSPS) is 31.7. The van der Waals surface area contributed by atoms with E-state index in [1.807, 2.05) is 0 Å². The van der Waals surface area contributed by atoms with Crippen molar-refractivity contribution in [1.29, 1.82) is 0 Å². The van der Waals surface area contributed by atoms with E-state index >= 15 is 0 Å². The lowest BCUT2D eigenvalue weighted by Gasteiger charge is -2.36. The van der Waals surface area contributed by atoms with Gasteiger partial charge >= 0.3 is 0 Å². The Morgan fingerprint density at radius 2 is 1.93 bits per heavy atom. The Hall–Kier alpha value is -0.520. The Kier molecular flexibility index (Phi) is 3.04. The van der Waals surface area contributed by atoms with Crippen LogP contribution >= 0.6 is 0 Å². The number of hydrogen-bond donors (Lipinski definition) is 0. The summed E-state index contributed by atoms with van der Waals surface area (Å²) in [6.07, 6.45) is 7.95. The summed E-state index contributed by atoms with van der Waals surface area (Å²) in [5.41, 5.74) is 5.09. The van der Waals surface area contributed by atoms with Gasteiger partial charge in [0.2, 0.25) is 0 Å². The summed E-state index contributed by atoms with van der Waals surface area (Å²) < 4.78 is 0. The molecule has 0 aromatic carbocycles. The summed E-state index contributed by atoms with van der Waals surface area (Å²) in [5.74, 6) is 2.50. The van der Waals surface area contributed by atoms with Crippen molar-refractivity contribution in [3.05, 3.63) is 22.8 Å². The van der Waals surface area contributed by atoms with Crippen molar-refractivity contribution in [2.45, 2.75) is 53.4 Å². The molecule has 0 N–H and O–H groups in total. The van der Waals surface area contributed by atoms with Crippen LogP contribution in [0, 0.1) is 17.8 Å². The Morgan fingerprint density at radius 3 is 2.60 bits per heavy atom. The molecule has 2 atom stereocenters. The molecule has 0 amide bonds. The fraction of sp³-hybridized carbons (Fsp3) is 0.733. The molecular formula is C15H24. The average Bonchev–Trinajstić information content (AvgIpc) is 2.17. The molecule has 0 aromatic rings. The van der Waals surface area contributed by atoms with Gasteiger partial charge < -0.3 is 0 Å². The van der Waals surface area contributed by atoms with Crippen LogP contribution in [-0.4, -0.2) is 0 Å². The van der Waals surface area contributed by atoms with Gasteiger partial charge in [-0.25, -0.2) is 0 Å². The minimum absolute atomic E-state index is 0.810. The van der Waals surface area contributed by atoms with Gasteiger partial charge in [0.25, 0.3) is 0 Å². The first-order valence-electron chi connectivity index (χ1n) is 6.49. The fourth-order valence-electron chi connectivity index (χ4n) is 3.23. The molecule has 2 aliphatic rings. The third kappa shape index (κ3) is 2.04. The van der Waals surface area contributed by atoms with Crippen LogP contribution in [0.1, 0.15) is 53.4 Å². The van der Waals surface area contributed by atoms with Crippen LogP contribution in [0.15, 0.2) is 22.8 Å². The first kappa shape index (κ1) is 11.0. The van der Waals surface area contributed by atoms with Crippen LogP contribution in [0.3, 0.4) is 0 Å². The summed E-state index contributed by atoms with van der Waals surface area (Å²) in [6, 6.07) is 0. The fourth-order valence-corrected chi connectivity index (χ4v) is 3.23. The Balaban J connectivity index is 2.36. The second-order valence-corrected chi connectivity index (χ2v) is 5.80. The maximum Gasteiger partial charge on any atom is -0.0139 e. The topological polar surface area (TPSA) is 0 Å². The highest BCUT2D eigenvalue weighted by molar-refractivity contribution is 5.37. The predicted octanol–water partition coefficient (Wildman–Crippen LogP) is 4.73. The summed E-state index contributed by atoms with van der Waals surface area (Å²) in [7, 11) is 0. The lowest BCUT2D eigenvalue weighted by atomic mass is 9.69. The molecule has 84 valence electrons. The molecule has 0 fully saturated rings. The molecule has 0 bridgehead atoms. The molecule has 0 aromatic heterocycles. The first-order valence-corrected chi connectivity index (χ1v) is 6.49. The molecule has 0 unspecified atom stereocenters. The van der Waals surface area contributed by atoms with Gasteiger partial charge in [0.15, 0.2) is 0 Å². The minimum Gasteiger partial charge on any atom is -0.0727 e. The number of allylic oxidation sites excluding steroid dienone is 4. The van der Waals surface area contributed by atoms with Gasteiger partial charge in [-0.05, 0) is 55.9 Å². The average molecular weight is 204 g/mol. The lowest BCUT2D eigenvalue weighted by molar-refractivity contribution is 0.349. The molecule has 0 spiro atoms. The van der Waals surface area contributed by atoms with E-state index in [1.54, 1.807) is 16.7 Å². The van der Waals surface area contributed by atoms with E-state index in [9.17, 15) is 0 Å². The molecule has 0 saturated heterocycles. The molecule has 0 saturated carbocycles. The molecule has 0 aliphatic heterocycles. The van der Waals surface area contributed by atoms with Crippen molar-refractivity contribution in [3.8, 4) is 0 Å². The monoisotopic (exact) mass is 204 g/mol. The summed E-state index contributed by atoms with van der Waals surface area (Å²) in [6.45, 7) is 9.47. The van der Waals surface area contributed by atoms with Gasteiger partial charge in [-0.2, -0.15) is 0 Å². The highest BCUT2D eigenvalue weighted by atomic mass is 14.3. The van der Waals surface area contributed by atoms with Crippen LogP contribution in [0.2, 0.25) is 0 Å². The quantitative estimate of drug-likeness (QED) is 0.579. The van der Waals surface area contributed by atoms with Gasteiger partial charge in [-0.3, -0.25) is 0 Å². The predicted molar refractivity (Wildman–Crippen MR) is 66.7 cm³/mol. The van der Waals surface area contributed by atoms with Gasteiger partial charge in [-0.15, -0.1) is 0 Å². The van der Waals surface area contributed by atoms with Crippen LogP contribution < -0.4 is 0 Å². The van der Waals surface area contributed by atoms with Crippen molar-refractivity contribution in [2.75, 3.05) is 0 Å². The van der Waals surface area contributed by atoms with Crippen LogP contribution in [0.25, 0.3) is 0 Å². The van der Waals surface area contributed by atoms with Crippen molar-refractivity contribution in [3.63, 3.8) is 0 Å². The molecule has 0 radical (unpaired) electrons. The van der Waals surface area contributed by atoms with Gasteiger partial charge in [-0.1, -0.05) is 38.0 Å². The Labute approximate surface area is 94.5 Å². The molecular weight excluding hydrogens is 180 g/mol. The summed E-state index contributed by atoms with van der Waals surface area (Å²) in [5, 5.41) is 0. The molecule has 0 nitrogen and oxygen atoms in total. The van der Waals surface area contributed by atoms with E-state index in [2.05, 4.69) is 33.8 Å². The third-order valence-corrected chi connectivity index (χ3v) is 4.27. The second-order valence-electron chi connectivity index (χ2n) is 5.80. The molecule has 0 heterocycles. The van der Waals surface area contributed by atoms with Crippen molar-refractivity contribution < 1.29 is 0 Å². The van der Waals surface area contributed by atoms with E-state index < -0.39 is 0 Å². The Bertz CT molecular complexity index is 304. The SMILES string of the molecule is CC1=CC2=C(CC1)[C@H](C)CC[C@H]2C(C)C. The van der Waals surface area contributed by atoms with E-state index in [4.69, 9.17) is 0 Å². The number of rotatable bonds is 1. The van der Waals surface area contributed by atoms with E-state index in [1.165, 1.54) is 25.7 Å². The highest BCUT2D eigenvalue weighted by Gasteiger charge is 2.29. The largest absolute Gasteiger partial charge is 0.0727 e. The zero-order valence-corrected chi connectivity index (χ0v) is 10.6. The van der Waals surface area contributed by atoms with E-state index in [0.29, 0.717) is 0 Å². The first-order chi connectivity index (χ1) is 7.09. The standard InChI is InChI=1S/C15H24/c1-10(2)13-8-6-12(4)14-7-5-11(3)9-15(13)14/h9-10,12-13H,5-8H2,1-4H3/t12-,13+/m1/s1. The maximum absolute atomic E-state index is 2.50. The summed E-state index contributed by atoms with van der Waals surface area (Å²) >= 11 is 0. The smallest absolute Gasteiger partial charge is 0.0139 e. The third-order valence-electron chi connectivity index (χ3n) is 4.27. The van der Waals surface area contributed by atoms with Crippen LogP contribution in [-0.2, 0) is 0 Å². The second kappa shape index (κ2) is 4.15. The van der Waals surface area contributed by atoms with Gasteiger partial charge in [0.1, 0.15) is 0 Å². The van der Waals surface area contributed by atoms with Crippen LogP contribution in [0.5, 0.6) is 0 Å². The minimum atomic E-state index is 0.810. The van der Waals surface area contributed by atoms with Crippen LogP contribution in [0.4, 0.5) is 0 Å². The van der Waals surface area contributed by atoms with E-state index in [0.717, 1.165) is 17.8 Å². The van der Waals surface area contributed by atoms with E-state index in [-0.39, 0.29) is 0 Å². The number of hydrogen-bond acceptors (Lipinski definition) is 0. The molecule has 15 heavy (non-hydrogen) atoms. The lowest BCUT2D eigenvalue weighted by Crippen LogP contribution is -2.23. The molecule has 2 aliphatic carbocycles. The van der Waals surface area contributed by atoms with Crippen molar-refractivity contribution in [1.82, 2.24) is 0 Å². The maximum atomic E-state index is 2.50. The summed E-state index contributed by atoms with van der Waals surface area (Å²) in [4.78, 5) is 0. The van der Waals surface area contributed by atoms with Crippen molar-refractivity contribution in [2.24, 2.45) is 17.8 Å². The zero-order valence-electron chi connectivity index (χ0n) is 10.6. The molecule has 2 rings (SSSR count). The highest BCUT2D eigenvalue weighted by Crippen LogP contribution is 2.43. The molecule has 0 heteroatoms.